The van der Waals surface area contributed by atoms with Crippen molar-refractivity contribution >= 4 is 6.09 Å². The second-order valence-corrected chi connectivity index (χ2v) is 5.24. The predicted molar refractivity (Wildman–Crippen MR) is 63.2 cm³/mol. The van der Waals surface area contributed by atoms with Crippen molar-refractivity contribution in [2.45, 2.75) is 38.8 Å². The van der Waals surface area contributed by atoms with Crippen LogP contribution in [-0.4, -0.2) is 37.4 Å². The molecular formula is C11H23N3O2. The van der Waals surface area contributed by atoms with Crippen LogP contribution in [0, 0.1) is 5.92 Å². The van der Waals surface area contributed by atoms with Crippen LogP contribution in [0.4, 0.5) is 4.79 Å². The Labute approximate surface area is 97.1 Å². The van der Waals surface area contributed by atoms with Gasteiger partial charge < -0.3 is 21.1 Å². The number of alkyl carbamates (subject to hydrolysis) is 1. The summed E-state index contributed by atoms with van der Waals surface area (Å²) in [7, 11) is 0. The number of rotatable bonds is 2. The fourth-order valence-corrected chi connectivity index (χ4v) is 1.82. The van der Waals surface area contributed by atoms with Gasteiger partial charge in [0.05, 0.1) is 0 Å². The lowest BCUT2D eigenvalue weighted by Crippen LogP contribution is -2.53. The number of hydrogen-bond acceptors (Lipinski definition) is 4. The highest BCUT2D eigenvalue weighted by atomic mass is 16.6. The topological polar surface area (TPSA) is 76.4 Å². The summed E-state index contributed by atoms with van der Waals surface area (Å²) in [5, 5.41) is 6.11. The molecule has 0 aromatic rings. The van der Waals surface area contributed by atoms with Gasteiger partial charge in [-0.1, -0.05) is 0 Å². The minimum Gasteiger partial charge on any atom is -0.444 e. The molecule has 0 aliphatic carbocycles. The molecule has 2 unspecified atom stereocenters. The van der Waals surface area contributed by atoms with Crippen molar-refractivity contribution in [3.05, 3.63) is 0 Å². The van der Waals surface area contributed by atoms with Gasteiger partial charge in [-0.2, -0.15) is 0 Å². The van der Waals surface area contributed by atoms with E-state index in [1.807, 2.05) is 20.8 Å². The van der Waals surface area contributed by atoms with Crippen LogP contribution in [-0.2, 0) is 4.74 Å². The van der Waals surface area contributed by atoms with Crippen molar-refractivity contribution in [3.8, 4) is 0 Å². The van der Waals surface area contributed by atoms with Crippen LogP contribution in [0.3, 0.4) is 0 Å². The Morgan fingerprint density at radius 1 is 1.56 bits per heavy atom. The van der Waals surface area contributed by atoms with E-state index in [9.17, 15) is 4.79 Å². The van der Waals surface area contributed by atoms with Gasteiger partial charge in [0, 0.05) is 12.6 Å². The van der Waals surface area contributed by atoms with Crippen molar-refractivity contribution in [3.63, 3.8) is 0 Å². The molecule has 5 nitrogen and oxygen atoms in total. The number of carbonyl (C=O) groups excluding carboxylic acids is 1. The van der Waals surface area contributed by atoms with E-state index < -0.39 is 5.60 Å². The highest BCUT2D eigenvalue weighted by Crippen LogP contribution is 2.12. The molecule has 0 aromatic heterocycles. The Bertz CT molecular complexity index is 238. The molecule has 0 bridgehead atoms. The maximum atomic E-state index is 11.6. The van der Waals surface area contributed by atoms with Gasteiger partial charge in [-0.25, -0.2) is 4.79 Å². The molecule has 1 fully saturated rings. The lowest BCUT2D eigenvalue weighted by Gasteiger charge is -2.32. The highest BCUT2D eigenvalue weighted by Gasteiger charge is 2.27. The first kappa shape index (κ1) is 13.3. The number of nitrogens with two attached hydrogens (primary N) is 1. The summed E-state index contributed by atoms with van der Waals surface area (Å²) in [6, 6.07) is 0.0774. The van der Waals surface area contributed by atoms with Crippen molar-refractivity contribution < 1.29 is 9.53 Å². The molecule has 2 atom stereocenters. The molecule has 1 rings (SSSR count). The number of piperidine rings is 1. The smallest absolute Gasteiger partial charge is 0.407 e. The summed E-state index contributed by atoms with van der Waals surface area (Å²) in [5.74, 6) is 0.341. The lowest BCUT2D eigenvalue weighted by atomic mass is 9.93. The van der Waals surface area contributed by atoms with Gasteiger partial charge in [-0.3, -0.25) is 0 Å². The summed E-state index contributed by atoms with van der Waals surface area (Å²) in [6.07, 6.45) is 0.636. The zero-order valence-electron chi connectivity index (χ0n) is 10.4. The Morgan fingerprint density at radius 3 is 2.81 bits per heavy atom. The molecule has 1 saturated heterocycles. The molecule has 0 aromatic carbocycles. The van der Waals surface area contributed by atoms with Crippen LogP contribution in [0.5, 0.6) is 0 Å². The first-order valence-corrected chi connectivity index (χ1v) is 5.82. The first-order valence-electron chi connectivity index (χ1n) is 5.82. The number of ether oxygens (including phenoxy) is 1. The molecule has 94 valence electrons. The average Bonchev–Trinajstić information content (AvgIpc) is 2.15. The molecular weight excluding hydrogens is 206 g/mol. The first-order chi connectivity index (χ1) is 7.42. The number of hydrogen-bond donors (Lipinski definition) is 3. The van der Waals surface area contributed by atoms with E-state index in [1.165, 1.54) is 0 Å². The zero-order chi connectivity index (χ0) is 12.2. The normalized spacial score (nSPS) is 26.2. The SMILES string of the molecule is CC(C)(C)OC(=O)NC1CNCCC1CN. The maximum absolute atomic E-state index is 11.6. The van der Waals surface area contributed by atoms with Gasteiger partial charge in [0.15, 0.2) is 0 Å². The fraction of sp³-hybridized carbons (Fsp3) is 0.909. The van der Waals surface area contributed by atoms with E-state index in [-0.39, 0.29) is 12.1 Å². The van der Waals surface area contributed by atoms with Crippen LogP contribution in [0.2, 0.25) is 0 Å². The van der Waals surface area contributed by atoms with Crippen LogP contribution >= 0.6 is 0 Å². The Balaban J connectivity index is 2.42. The van der Waals surface area contributed by atoms with Crippen LogP contribution < -0.4 is 16.4 Å². The van der Waals surface area contributed by atoms with Crippen LogP contribution in [0.25, 0.3) is 0 Å². The summed E-state index contributed by atoms with van der Waals surface area (Å²) in [5.41, 5.74) is 5.22. The molecule has 16 heavy (non-hydrogen) atoms. The largest absolute Gasteiger partial charge is 0.444 e. The molecule has 1 amide bonds. The molecule has 0 radical (unpaired) electrons. The van der Waals surface area contributed by atoms with Gasteiger partial charge in [-0.05, 0) is 46.2 Å². The lowest BCUT2D eigenvalue weighted by molar-refractivity contribution is 0.0477. The second kappa shape index (κ2) is 5.50. The van der Waals surface area contributed by atoms with Gasteiger partial charge in [-0.15, -0.1) is 0 Å². The number of nitrogens with one attached hydrogen (secondary N) is 2. The third kappa shape index (κ3) is 4.37. The molecule has 0 spiro atoms. The van der Waals surface area contributed by atoms with E-state index >= 15 is 0 Å². The second-order valence-electron chi connectivity index (χ2n) is 5.24. The fourth-order valence-electron chi connectivity index (χ4n) is 1.82. The van der Waals surface area contributed by atoms with Crippen molar-refractivity contribution in [1.29, 1.82) is 0 Å². The third-order valence-corrected chi connectivity index (χ3v) is 2.63. The summed E-state index contributed by atoms with van der Waals surface area (Å²) in [6.45, 7) is 7.89. The average molecular weight is 229 g/mol. The number of carbonyl (C=O) groups is 1. The van der Waals surface area contributed by atoms with E-state index in [0.717, 1.165) is 19.5 Å². The van der Waals surface area contributed by atoms with E-state index in [2.05, 4.69) is 10.6 Å². The van der Waals surface area contributed by atoms with Crippen LogP contribution in [0.1, 0.15) is 27.2 Å². The summed E-state index contributed by atoms with van der Waals surface area (Å²) < 4.78 is 5.21. The highest BCUT2D eigenvalue weighted by molar-refractivity contribution is 5.68. The molecule has 5 heteroatoms. The van der Waals surface area contributed by atoms with Crippen LogP contribution in [0.15, 0.2) is 0 Å². The quantitative estimate of drug-likeness (QED) is 0.642. The standard InChI is InChI=1S/C11H23N3O2/c1-11(2,3)16-10(15)14-9-7-13-5-4-8(9)6-12/h8-9,13H,4-7,12H2,1-3H3,(H,14,15). The Morgan fingerprint density at radius 2 is 2.25 bits per heavy atom. The van der Waals surface area contributed by atoms with Gasteiger partial charge in [0.1, 0.15) is 5.60 Å². The van der Waals surface area contributed by atoms with Crippen molar-refractivity contribution in [2.75, 3.05) is 19.6 Å². The van der Waals surface area contributed by atoms with Gasteiger partial charge >= 0.3 is 6.09 Å². The van der Waals surface area contributed by atoms with Gasteiger partial charge in [0.25, 0.3) is 0 Å². The zero-order valence-corrected chi connectivity index (χ0v) is 10.4. The molecule has 1 heterocycles. The summed E-state index contributed by atoms with van der Waals surface area (Å²) >= 11 is 0. The van der Waals surface area contributed by atoms with Gasteiger partial charge in [0.2, 0.25) is 0 Å². The third-order valence-electron chi connectivity index (χ3n) is 2.63. The van der Waals surface area contributed by atoms with E-state index in [0.29, 0.717) is 12.5 Å². The Hall–Kier alpha value is -0.810. The Kier molecular flexibility index (Phi) is 4.56. The molecule has 0 saturated carbocycles. The summed E-state index contributed by atoms with van der Waals surface area (Å²) in [4.78, 5) is 11.6. The number of amides is 1. The van der Waals surface area contributed by atoms with E-state index in [4.69, 9.17) is 10.5 Å². The monoisotopic (exact) mass is 229 g/mol. The molecule has 4 N–H and O–H groups in total. The van der Waals surface area contributed by atoms with Crippen molar-refractivity contribution in [1.82, 2.24) is 10.6 Å². The maximum Gasteiger partial charge on any atom is 0.407 e. The van der Waals surface area contributed by atoms with E-state index in [1.54, 1.807) is 0 Å². The minimum absolute atomic E-state index is 0.0774. The van der Waals surface area contributed by atoms with Crippen molar-refractivity contribution in [2.24, 2.45) is 11.7 Å². The minimum atomic E-state index is -0.454. The molecule has 1 aliphatic heterocycles. The predicted octanol–water partition coefficient (Wildman–Crippen LogP) is 0.448. The molecule has 1 aliphatic rings.